The Morgan fingerprint density at radius 2 is 1.23 bits per heavy atom. The van der Waals surface area contributed by atoms with E-state index in [1.807, 2.05) is 42.6 Å². The fourth-order valence-electron chi connectivity index (χ4n) is 11.0. The van der Waals surface area contributed by atoms with E-state index >= 15 is 0 Å². The maximum atomic E-state index is 8.81. The molecule has 0 unspecified atom stereocenters. The van der Waals surface area contributed by atoms with Crippen LogP contribution in [-0.2, 0) is 30.9 Å². The van der Waals surface area contributed by atoms with Crippen molar-refractivity contribution in [3.05, 3.63) is 216 Å². The Bertz CT molecular complexity index is 4300. The molecule has 405 valence electrons. The van der Waals surface area contributed by atoms with Gasteiger partial charge in [0.2, 0.25) is 0 Å². The first-order valence-corrected chi connectivity index (χ1v) is 31.4. The number of benzene rings is 9. The molecule has 0 aliphatic heterocycles. The second-order valence-corrected chi connectivity index (χ2v) is 30.2. The topological polar surface area (TPSA) is 43.9 Å². The van der Waals surface area contributed by atoms with Crippen molar-refractivity contribution in [2.24, 2.45) is 0 Å². The van der Waals surface area contributed by atoms with Crippen LogP contribution in [0, 0.1) is 19.0 Å². The zero-order valence-electron chi connectivity index (χ0n) is 51.5. The van der Waals surface area contributed by atoms with Crippen molar-refractivity contribution in [3.63, 3.8) is 0 Å². The quantitative estimate of drug-likeness (QED) is 0.0865. The number of furan rings is 1. The maximum absolute atomic E-state index is 8.81. The molecular formula is C74H73IrN3OSi-2. The zero-order valence-corrected chi connectivity index (χ0v) is 51.9. The summed E-state index contributed by atoms with van der Waals surface area (Å²) in [4.78, 5) is 9.85. The molecule has 0 bridgehead atoms. The Balaban J connectivity index is 0.000000390. The molecule has 3 heterocycles. The smallest absolute Gasteiger partial charge is 0.121 e. The molecule has 1 radical (unpaired) electrons. The van der Waals surface area contributed by atoms with Gasteiger partial charge in [0.15, 0.2) is 0 Å². The molecular weight excluding hydrogens is 1170 g/mol. The summed E-state index contributed by atoms with van der Waals surface area (Å²) in [5.41, 5.74) is 16.1. The van der Waals surface area contributed by atoms with Gasteiger partial charge in [0, 0.05) is 41.5 Å². The van der Waals surface area contributed by atoms with Crippen LogP contribution in [0.25, 0.3) is 105 Å². The van der Waals surface area contributed by atoms with Gasteiger partial charge >= 0.3 is 0 Å². The van der Waals surface area contributed by atoms with Gasteiger partial charge in [0.05, 0.1) is 30.5 Å². The maximum Gasteiger partial charge on any atom is 0.121 e. The number of para-hydroxylation sites is 1. The molecule has 6 heteroatoms. The van der Waals surface area contributed by atoms with E-state index in [-0.39, 0.29) is 48.3 Å². The minimum atomic E-state index is -2.40. The van der Waals surface area contributed by atoms with E-state index in [0.29, 0.717) is 28.0 Å². The fraction of sp³-hybridized carbons (Fsp3) is 0.243. The monoisotopic (exact) mass is 1240 g/mol. The van der Waals surface area contributed by atoms with Crippen LogP contribution in [0.4, 0.5) is 0 Å². The summed E-state index contributed by atoms with van der Waals surface area (Å²) in [6.07, 6.45) is 2.02. The van der Waals surface area contributed by atoms with Gasteiger partial charge in [-0.25, -0.2) is 0 Å². The molecule has 0 aliphatic carbocycles. The van der Waals surface area contributed by atoms with E-state index in [9.17, 15) is 0 Å². The third-order valence-corrected chi connectivity index (χ3v) is 17.7. The molecule has 80 heavy (non-hydrogen) atoms. The van der Waals surface area contributed by atoms with Crippen LogP contribution in [0.15, 0.2) is 180 Å². The molecule has 0 fully saturated rings. The molecule has 0 aliphatic rings. The van der Waals surface area contributed by atoms with Gasteiger partial charge in [-0.2, -0.15) is 0 Å². The molecule has 0 saturated heterocycles. The first-order valence-electron chi connectivity index (χ1n) is 29.4. The van der Waals surface area contributed by atoms with E-state index in [0.717, 1.165) is 66.3 Å². The summed E-state index contributed by atoms with van der Waals surface area (Å²) in [7, 11) is -1.23. The number of fused-ring (bicyclic) bond motifs is 7. The zero-order chi connectivity index (χ0) is 58.2. The number of imidazole rings is 1. The van der Waals surface area contributed by atoms with E-state index in [1.165, 1.54) is 38.2 Å². The number of hydrogen-bond acceptors (Lipinski definition) is 3. The summed E-state index contributed by atoms with van der Waals surface area (Å²) in [5.74, 6) is 0.742. The van der Waals surface area contributed by atoms with Crippen molar-refractivity contribution < 1.29 is 28.6 Å². The molecule has 12 rings (SSSR count). The number of hydrogen-bond donors (Lipinski definition) is 0. The van der Waals surface area contributed by atoms with Crippen LogP contribution in [0.3, 0.4) is 0 Å². The van der Waals surface area contributed by atoms with Crippen molar-refractivity contribution >= 4 is 67.8 Å². The fourth-order valence-corrected chi connectivity index (χ4v) is 12.0. The molecule has 0 N–H and O–H groups in total. The Morgan fingerprint density at radius 3 is 1.82 bits per heavy atom. The van der Waals surface area contributed by atoms with Crippen LogP contribution in [0.1, 0.15) is 113 Å². The normalized spacial score (nSPS) is 13.0. The summed E-state index contributed by atoms with van der Waals surface area (Å²) in [6, 6.07) is 66.2. The van der Waals surface area contributed by atoms with Gasteiger partial charge in [-0.3, -0.25) is 4.98 Å². The third-order valence-electron chi connectivity index (χ3n) is 15.7. The molecule has 4 nitrogen and oxygen atoms in total. The summed E-state index contributed by atoms with van der Waals surface area (Å²) >= 11 is 0. The molecule has 0 saturated carbocycles. The van der Waals surface area contributed by atoms with Crippen LogP contribution in [-0.4, -0.2) is 22.6 Å². The summed E-state index contributed by atoms with van der Waals surface area (Å²) < 4.78 is 35.5. The number of aromatic nitrogens is 3. The largest absolute Gasteiger partial charge is 0.501 e. The van der Waals surface area contributed by atoms with Crippen molar-refractivity contribution in [2.75, 3.05) is 0 Å². The second-order valence-electron chi connectivity index (χ2n) is 25.1. The summed E-state index contributed by atoms with van der Waals surface area (Å²) in [5, 5.41) is 7.96. The Kier molecular flexibility index (Phi) is 14.1. The van der Waals surface area contributed by atoms with Gasteiger partial charge in [0.25, 0.3) is 0 Å². The van der Waals surface area contributed by atoms with E-state index in [2.05, 4.69) is 232 Å². The van der Waals surface area contributed by atoms with Gasteiger partial charge in [-0.15, -0.1) is 54.1 Å². The predicted octanol–water partition coefficient (Wildman–Crippen LogP) is 20.3. The van der Waals surface area contributed by atoms with Crippen LogP contribution >= 0.6 is 0 Å². The molecule has 3 aromatic heterocycles. The standard InChI is InChI=1S/C60H57N2O.C14H16NSi.Ir/c1-35(2)49-31-43(39-24-22-38(23-25-39)42-28-44(59(6,7)8)33-45(29-42)60(9,10)11)32-50(36(3)4)56(49)62-55-37(5)16-14-21-53(55)61-58(62)48-20-15-19-47-52-30-41-27-26-40-17-12-13-18-46(40)51(41)34-54(52)63-57(47)48;1-16(2,3)13-9-10-14(15-11-13)12-7-5-4-6-8-12;/h12-19,21-36H,1-11H3;4-7,9-11H,1-3H3;/q2*-1;/i5D3;;. The molecule has 0 amide bonds. The Morgan fingerprint density at radius 1 is 0.575 bits per heavy atom. The van der Waals surface area contributed by atoms with E-state index < -0.39 is 14.9 Å². The molecule has 9 aromatic carbocycles. The third kappa shape index (κ3) is 10.8. The van der Waals surface area contributed by atoms with Crippen LogP contribution in [0.2, 0.25) is 19.6 Å². The first-order chi connectivity index (χ1) is 38.8. The number of nitrogens with zero attached hydrogens (tertiary/aromatic N) is 3. The van der Waals surface area contributed by atoms with E-state index in [1.54, 1.807) is 12.1 Å². The van der Waals surface area contributed by atoms with Crippen LogP contribution in [0.5, 0.6) is 0 Å². The van der Waals surface area contributed by atoms with Crippen molar-refractivity contribution in [1.29, 1.82) is 0 Å². The van der Waals surface area contributed by atoms with E-state index in [4.69, 9.17) is 13.5 Å². The van der Waals surface area contributed by atoms with Gasteiger partial charge < -0.3 is 14.0 Å². The average molecular weight is 1240 g/mol. The van der Waals surface area contributed by atoms with Gasteiger partial charge in [-0.05, 0) is 142 Å². The first kappa shape index (κ1) is 52.2. The van der Waals surface area contributed by atoms with Crippen molar-refractivity contribution in [1.82, 2.24) is 14.5 Å². The Hall–Kier alpha value is -7.21. The predicted molar refractivity (Wildman–Crippen MR) is 340 cm³/mol. The van der Waals surface area contributed by atoms with Crippen molar-refractivity contribution in [2.45, 2.75) is 118 Å². The molecule has 12 aromatic rings. The molecule has 0 spiro atoms. The van der Waals surface area contributed by atoms with Crippen LogP contribution < -0.4 is 5.19 Å². The number of aryl methyl sites for hydroxylation is 1. The number of rotatable bonds is 8. The molecule has 0 atom stereocenters. The summed E-state index contributed by atoms with van der Waals surface area (Å²) in [6.45, 7) is 27.2. The number of pyridine rings is 1. The SMILES string of the molecule is C[Si](C)(C)c1ccc(-c2[c-]cccc2)nc1.[2H]C([2H])([2H])c1cccc2nc(-c3[c-]ccc4c3oc3cc5c(ccc6ccccc65)cc34)n(-c3c(C(C)C)cc(-c4ccc(-c5cc(C(C)(C)C)cc(C(C)(C)C)c5)cc4)cc3C(C)C)c12.[Ir]. The van der Waals surface area contributed by atoms with Crippen molar-refractivity contribution in [3.8, 4) is 50.6 Å². The minimum absolute atomic E-state index is 0. The van der Waals surface area contributed by atoms with Gasteiger partial charge in [0.1, 0.15) is 5.58 Å². The Labute approximate surface area is 492 Å². The van der Waals surface area contributed by atoms with Gasteiger partial charge in [-0.1, -0.05) is 203 Å². The average Bonchev–Trinajstić information content (AvgIpc) is 2.01. The minimum Gasteiger partial charge on any atom is -0.501 e. The second kappa shape index (κ2) is 21.7.